The number of aromatic amines is 1. The highest BCUT2D eigenvalue weighted by molar-refractivity contribution is 6.33. The minimum Gasteiger partial charge on any atom is -0.490 e. The van der Waals surface area contributed by atoms with Crippen molar-refractivity contribution in [1.29, 1.82) is 0 Å². The van der Waals surface area contributed by atoms with Crippen molar-refractivity contribution in [3.05, 3.63) is 22.8 Å². The van der Waals surface area contributed by atoms with Gasteiger partial charge in [-0.15, -0.1) is 0 Å². The number of nitrogens with zero attached hydrogens (tertiary/aromatic N) is 1. The quantitative estimate of drug-likeness (QED) is 0.655. The van der Waals surface area contributed by atoms with Gasteiger partial charge in [-0.2, -0.15) is 5.10 Å². The zero-order valence-corrected chi connectivity index (χ0v) is 9.95. The van der Waals surface area contributed by atoms with Crippen molar-refractivity contribution >= 4 is 28.8 Å². The van der Waals surface area contributed by atoms with Gasteiger partial charge in [0.25, 0.3) is 0 Å². The number of carbonyl (C=O) groups excluding carboxylic acids is 1. The van der Waals surface area contributed by atoms with Gasteiger partial charge in [0, 0.05) is 18.6 Å². The smallest absolute Gasteiger partial charge is 0.168 e. The van der Waals surface area contributed by atoms with Crippen LogP contribution >= 0.6 is 11.6 Å². The van der Waals surface area contributed by atoms with Gasteiger partial charge in [-0.1, -0.05) is 11.6 Å². The third-order valence-electron chi connectivity index (χ3n) is 2.30. The van der Waals surface area contributed by atoms with Crippen molar-refractivity contribution in [3.63, 3.8) is 0 Å². The zero-order valence-electron chi connectivity index (χ0n) is 9.20. The molecule has 0 bridgehead atoms. The second-order valence-corrected chi connectivity index (χ2v) is 3.80. The van der Waals surface area contributed by atoms with Gasteiger partial charge in [-0.3, -0.25) is 9.89 Å². The molecule has 0 aliphatic carbocycles. The van der Waals surface area contributed by atoms with Gasteiger partial charge < -0.3 is 9.47 Å². The first-order chi connectivity index (χ1) is 8.26. The van der Waals surface area contributed by atoms with Gasteiger partial charge in [-0.05, 0) is 6.07 Å². The molecule has 0 saturated heterocycles. The summed E-state index contributed by atoms with van der Waals surface area (Å²) in [4.78, 5) is 10.7. The maximum absolute atomic E-state index is 10.7. The number of fused-ring (bicyclic) bond motifs is 1. The van der Waals surface area contributed by atoms with Crippen LogP contribution < -0.4 is 4.74 Å². The molecule has 1 heterocycles. The first kappa shape index (κ1) is 11.9. The Morgan fingerprint density at radius 2 is 2.29 bits per heavy atom. The highest BCUT2D eigenvalue weighted by atomic mass is 35.5. The largest absolute Gasteiger partial charge is 0.490 e. The second-order valence-electron chi connectivity index (χ2n) is 3.40. The average Bonchev–Trinajstić information content (AvgIpc) is 2.71. The highest BCUT2D eigenvalue weighted by Crippen LogP contribution is 2.30. The fraction of sp³-hybridized carbons (Fsp3) is 0.273. The average molecular weight is 255 g/mol. The lowest BCUT2D eigenvalue weighted by molar-refractivity contribution is 0.112. The number of hydrogen-bond acceptors (Lipinski definition) is 4. The molecule has 17 heavy (non-hydrogen) atoms. The SMILES string of the molecule is COCCOc1cc2n[nH]c(C=O)c2cc1Cl. The molecule has 0 radical (unpaired) electrons. The van der Waals surface area contributed by atoms with Crippen molar-refractivity contribution in [2.75, 3.05) is 20.3 Å². The maximum Gasteiger partial charge on any atom is 0.168 e. The van der Waals surface area contributed by atoms with Crippen molar-refractivity contribution in [2.45, 2.75) is 0 Å². The van der Waals surface area contributed by atoms with Crippen molar-refractivity contribution in [2.24, 2.45) is 0 Å². The fourth-order valence-electron chi connectivity index (χ4n) is 1.47. The number of rotatable bonds is 5. The summed E-state index contributed by atoms with van der Waals surface area (Å²) < 4.78 is 10.3. The molecule has 1 N–H and O–H groups in total. The molecular weight excluding hydrogens is 244 g/mol. The van der Waals surface area contributed by atoms with E-state index in [1.807, 2.05) is 0 Å². The molecule has 0 spiro atoms. The molecule has 0 aliphatic rings. The Balaban J connectivity index is 2.32. The summed E-state index contributed by atoms with van der Waals surface area (Å²) in [5, 5.41) is 7.75. The minimum atomic E-state index is 0.408. The Morgan fingerprint density at radius 3 is 3.00 bits per heavy atom. The summed E-state index contributed by atoms with van der Waals surface area (Å²) >= 11 is 6.04. The van der Waals surface area contributed by atoms with E-state index >= 15 is 0 Å². The number of benzene rings is 1. The Hall–Kier alpha value is -1.59. The standard InChI is InChI=1S/C11H11ClN2O3/c1-16-2-3-17-11-5-9-7(4-8(11)12)10(6-15)14-13-9/h4-6H,2-3H2,1H3,(H,13,14). The molecule has 2 aromatic rings. The third kappa shape index (κ3) is 2.40. The van der Waals surface area contributed by atoms with E-state index in [9.17, 15) is 4.79 Å². The Labute approximate surface area is 103 Å². The molecule has 5 nitrogen and oxygen atoms in total. The van der Waals surface area contributed by atoms with E-state index in [1.54, 1.807) is 19.2 Å². The number of hydrogen-bond donors (Lipinski definition) is 1. The molecule has 1 aromatic heterocycles. The topological polar surface area (TPSA) is 64.2 Å². The molecule has 90 valence electrons. The lowest BCUT2D eigenvalue weighted by atomic mass is 10.2. The van der Waals surface area contributed by atoms with Gasteiger partial charge in [0.1, 0.15) is 18.1 Å². The number of H-pyrrole nitrogens is 1. The van der Waals surface area contributed by atoms with Crippen molar-refractivity contribution in [1.82, 2.24) is 10.2 Å². The van der Waals surface area contributed by atoms with E-state index in [0.29, 0.717) is 46.9 Å². The van der Waals surface area contributed by atoms with Gasteiger partial charge in [-0.25, -0.2) is 0 Å². The number of aromatic nitrogens is 2. The van der Waals surface area contributed by atoms with Gasteiger partial charge >= 0.3 is 0 Å². The molecule has 0 unspecified atom stereocenters. The zero-order chi connectivity index (χ0) is 12.3. The number of ether oxygens (including phenoxy) is 2. The maximum atomic E-state index is 10.7. The second kappa shape index (κ2) is 5.16. The summed E-state index contributed by atoms with van der Waals surface area (Å²) in [6, 6.07) is 3.35. The molecule has 0 saturated carbocycles. The van der Waals surface area contributed by atoms with Crippen LogP contribution in [0.4, 0.5) is 0 Å². The lowest BCUT2D eigenvalue weighted by Gasteiger charge is -2.07. The molecule has 1 aromatic carbocycles. The van der Waals surface area contributed by atoms with Crippen LogP contribution in [-0.4, -0.2) is 36.8 Å². The number of halogens is 1. The highest BCUT2D eigenvalue weighted by Gasteiger charge is 2.10. The fourth-order valence-corrected chi connectivity index (χ4v) is 1.69. The summed E-state index contributed by atoms with van der Waals surface area (Å²) in [5.41, 5.74) is 1.05. The Kier molecular flexibility index (Phi) is 3.61. The van der Waals surface area contributed by atoms with Gasteiger partial charge in [0.2, 0.25) is 0 Å². The van der Waals surface area contributed by atoms with Crippen LogP contribution in [0.2, 0.25) is 5.02 Å². The molecule has 0 fully saturated rings. The number of aldehydes is 1. The summed E-state index contributed by atoms with van der Waals surface area (Å²) in [5.74, 6) is 0.528. The van der Waals surface area contributed by atoms with Crippen LogP contribution in [0.15, 0.2) is 12.1 Å². The molecule has 2 rings (SSSR count). The van der Waals surface area contributed by atoms with E-state index in [0.717, 1.165) is 0 Å². The summed E-state index contributed by atoms with van der Waals surface area (Å²) in [7, 11) is 1.60. The minimum absolute atomic E-state index is 0.408. The lowest BCUT2D eigenvalue weighted by Crippen LogP contribution is -2.04. The molecule has 0 amide bonds. The molecule has 0 atom stereocenters. The van der Waals surface area contributed by atoms with Gasteiger partial charge in [0.15, 0.2) is 6.29 Å². The molecule has 0 aliphatic heterocycles. The summed E-state index contributed by atoms with van der Waals surface area (Å²) in [6.07, 6.45) is 0.705. The van der Waals surface area contributed by atoms with Crippen LogP contribution in [0, 0.1) is 0 Å². The summed E-state index contributed by atoms with van der Waals surface area (Å²) in [6.45, 7) is 0.890. The van der Waals surface area contributed by atoms with Crippen LogP contribution in [0.1, 0.15) is 10.5 Å². The van der Waals surface area contributed by atoms with Crippen molar-refractivity contribution in [3.8, 4) is 5.75 Å². The van der Waals surface area contributed by atoms with E-state index in [-0.39, 0.29) is 0 Å². The predicted molar refractivity (Wildman–Crippen MR) is 63.9 cm³/mol. The predicted octanol–water partition coefficient (Wildman–Crippen LogP) is 2.05. The first-order valence-corrected chi connectivity index (χ1v) is 5.38. The first-order valence-electron chi connectivity index (χ1n) is 5.00. The number of carbonyl (C=O) groups is 1. The van der Waals surface area contributed by atoms with Crippen LogP contribution in [0.5, 0.6) is 5.75 Å². The van der Waals surface area contributed by atoms with Crippen molar-refractivity contribution < 1.29 is 14.3 Å². The van der Waals surface area contributed by atoms with Crippen LogP contribution in [0.3, 0.4) is 0 Å². The van der Waals surface area contributed by atoms with E-state index in [4.69, 9.17) is 21.1 Å². The van der Waals surface area contributed by atoms with Crippen LogP contribution in [0.25, 0.3) is 10.9 Å². The van der Waals surface area contributed by atoms with Gasteiger partial charge in [0.05, 0.1) is 17.1 Å². The van der Waals surface area contributed by atoms with E-state index < -0.39 is 0 Å². The van der Waals surface area contributed by atoms with E-state index in [1.165, 1.54) is 0 Å². The number of nitrogens with one attached hydrogen (secondary N) is 1. The number of methoxy groups -OCH3 is 1. The van der Waals surface area contributed by atoms with E-state index in [2.05, 4.69) is 10.2 Å². The monoisotopic (exact) mass is 254 g/mol. The Bertz CT molecular complexity index is 539. The van der Waals surface area contributed by atoms with Crippen LogP contribution in [-0.2, 0) is 4.74 Å². The normalized spacial score (nSPS) is 10.7. The Morgan fingerprint density at radius 1 is 1.47 bits per heavy atom. The molecule has 6 heteroatoms. The third-order valence-corrected chi connectivity index (χ3v) is 2.60. The molecular formula is C11H11ClN2O3.